The van der Waals surface area contributed by atoms with Crippen molar-refractivity contribution in [2.75, 3.05) is 39.5 Å². The number of ether oxygens (including phenoxy) is 2. The van der Waals surface area contributed by atoms with E-state index in [0.717, 1.165) is 45.0 Å². The van der Waals surface area contributed by atoms with E-state index in [-0.39, 0.29) is 6.10 Å². The van der Waals surface area contributed by atoms with Crippen molar-refractivity contribution in [2.24, 2.45) is 5.92 Å². The molecule has 2 heterocycles. The van der Waals surface area contributed by atoms with E-state index < -0.39 is 6.10 Å². The summed E-state index contributed by atoms with van der Waals surface area (Å²) in [5.74, 6) is 0.775. The van der Waals surface area contributed by atoms with Crippen LogP contribution >= 0.6 is 0 Å². The van der Waals surface area contributed by atoms with Crippen molar-refractivity contribution in [1.29, 1.82) is 0 Å². The molecule has 0 bridgehead atoms. The Morgan fingerprint density at radius 1 is 1.17 bits per heavy atom. The number of hydrogen-bond acceptors (Lipinski definition) is 4. The Balaban J connectivity index is 1.28. The molecule has 0 aliphatic carbocycles. The zero-order valence-corrected chi connectivity index (χ0v) is 14.6. The number of benzene rings is 1. The summed E-state index contributed by atoms with van der Waals surface area (Å²) in [6.07, 6.45) is 5.70. The van der Waals surface area contributed by atoms with E-state index in [9.17, 15) is 5.11 Å². The molecule has 2 aliphatic rings. The third-order valence-corrected chi connectivity index (χ3v) is 5.18. The second kappa shape index (κ2) is 9.52. The van der Waals surface area contributed by atoms with Crippen molar-refractivity contribution < 1.29 is 14.6 Å². The molecule has 0 aromatic heterocycles. The molecule has 2 unspecified atom stereocenters. The van der Waals surface area contributed by atoms with Gasteiger partial charge in [0.15, 0.2) is 0 Å². The molecule has 0 spiro atoms. The van der Waals surface area contributed by atoms with Gasteiger partial charge in [0.25, 0.3) is 0 Å². The van der Waals surface area contributed by atoms with Crippen LogP contribution in [-0.4, -0.2) is 61.7 Å². The molecule has 3 rings (SSSR count). The molecule has 2 atom stereocenters. The summed E-state index contributed by atoms with van der Waals surface area (Å²) in [6.45, 7) is 4.79. The quantitative estimate of drug-likeness (QED) is 0.794. The number of nitrogens with zero attached hydrogens (tertiary/aromatic N) is 1. The summed E-state index contributed by atoms with van der Waals surface area (Å²) in [7, 11) is 0. The van der Waals surface area contributed by atoms with Crippen molar-refractivity contribution in [1.82, 2.24) is 4.90 Å². The Kier molecular flexibility index (Phi) is 7.09. The van der Waals surface area contributed by atoms with Gasteiger partial charge in [-0.15, -0.1) is 0 Å². The minimum atomic E-state index is -0.392. The maximum absolute atomic E-state index is 10.2. The van der Waals surface area contributed by atoms with Crippen LogP contribution in [-0.2, 0) is 15.9 Å². The highest BCUT2D eigenvalue weighted by Gasteiger charge is 2.22. The predicted octanol–water partition coefficient (Wildman–Crippen LogP) is 2.50. The van der Waals surface area contributed by atoms with Crippen LogP contribution in [0.2, 0.25) is 0 Å². The molecule has 24 heavy (non-hydrogen) atoms. The molecule has 0 radical (unpaired) electrons. The second-order valence-electron chi connectivity index (χ2n) is 7.26. The number of hydrogen-bond donors (Lipinski definition) is 1. The fraction of sp³-hybridized carbons (Fsp3) is 0.700. The standard InChI is InChI=1S/C20H31NO3/c22-19(15-23-16-20-7-4-12-24-20)14-21-10-8-18(9-11-21)13-17-5-2-1-3-6-17/h1-3,5-6,18-20,22H,4,7-16H2. The average molecular weight is 333 g/mol. The first-order valence-electron chi connectivity index (χ1n) is 9.43. The van der Waals surface area contributed by atoms with Gasteiger partial charge in [-0.2, -0.15) is 0 Å². The molecule has 0 saturated carbocycles. The van der Waals surface area contributed by atoms with Crippen LogP contribution in [0.5, 0.6) is 0 Å². The fourth-order valence-electron chi connectivity index (χ4n) is 3.78. The van der Waals surface area contributed by atoms with Crippen molar-refractivity contribution in [2.45, 2.75) is 44.3 Å². The molecule has 1 aromatic rings. The molecule has 4 nitrogen and oxygen atoms in total. The SMILES string of the molecule is OC(COCC1CCCO1)CN1CCC(Cc2ccccc2)CC1. The van der Waals surface area contributed by atoms with E-state index >= 15 is 0 Å². The molecular formula is C20H31NO3. The molecule has 1 aromatic carbocycles. The van der Waals surface area contributed by atoms with Crippen molar-refractivity contribution >= 4 is 0 Å². The monoisotopic (exact) mass is 333 g/mol. The lowest BCUT2D eigenvalue weighted by molar-refractivity contribution is -0.0274. The lowest BCUT2D eigenvalue weighted by Gasteiger charge is -2.33. The summed E-state index contributed by atoms with van der Waals surface area (Å²) >= 11 is 0. The van der Waals surface area contributed by atoms with Gasteiger partial charge in [-0.1, -0.05) is 30.3 Å². The molecule has 2 fully saturated rings. The van der Waals surface area contributed by atoms with Crippen LogP contribution in [0.3, 0.4) is 0 Å². The van der Waals surface area contributed by atoms with Gasteiger partial charge < -0.3 is 19.5 Å². The molecule has 134 valence electrons. The van der Waals surface area contributed by atoms with Crippen LogP contribution < -0.4 is 0 Å². The highest BCUT2D eigenvalue weighted by molar-refractivity contribution is 5.15. The summed E-state index contributed by atoms with van der Waals surface area (Å²) < 4.78 is 11.1. The first kappa shape index (κ1) is 17.9. The van der Waals surface area contributed by atoms with E-state index in [4.69, 9.17) is 9.47 Å². The summed E-state index contributed by atoms with van der Waals surface area (Å²) in [5, 5.41) is 10.2. The number of rotatable bonds is 8. The smallest absolute Gasteiger partial charge is 0.0900 e. The average Bonchev–Trinajstić information content (AvgIpc) is 3.11. The number of aliphatic hydroxyl groups excluding tert-OH is 1. The normalized spacial score (nSPS) is 24.3. The van der Waals surface area contributed by atoms with Gasteiger partial charge in [0.2, 0.25) is 0 Å². The van der Waals surface area contributed by atoms with Crippen LogP contribution in [0.4, 0.5) is 0 Å². The molecule has 4 heteroatoms. The van der Waals surface area contributed by atoms with E-state index in [1.54, 1.807) is 0 Å². The third-order valence-electron chi connectivity index (χ3n) is 5.18. The van der Waals surface area contributed by atoms with Gasteiger partial charge in [-0.3, -0.25) is 0 Å². The molecule has 2 aliphatic heterocycles. The topological polar surface area (TPSA) is 41.9 Å². The largest absolute Gasteiger partial charge is 0.389 e. The Morgan fingerprint density at radius 2 is 1.96 bits per heavy atom. The third kappa shape index (κ3) is 5.85. The molecule has 2 saturated heterocycles. The van der Waals surface area contributed by atoms with Crippen LogP contribution in [0, 0.1) is 5.92 Å². The predicted molar refractivity (Wildman–Crippen MR) is 95.1 cm³/mol. The van der Waals surface area contributed by atoms with E-state index in [2.05, 4.69) is 35.2 Å². The Bertz CT molecular complexity index is 453. The van der Waals surface area contributed by atoms with Gasteiger partial charge >= 0.3 is 0 Å². The van der Waals surface area contributed by atoms with Crippen LogP contribution in [0.15, 0.2) is 30.3 Å². The number of piperidine rings is 1. The molecule has 1 N–H and O–H groups in total. The van der Waals surface area contributed by atoms with E-state index in [1.165, 1.54) is 24.8 Å². The minimum absolute atomic E-state index is 0.242. The number of β-amino-alcohol motifs (C(OH)–C–C–N with tert-alkyl or cyclic N) is 1. The Labute approximate surface area is 145 Å². The van der Waals surface area contributed by atoms with Crippen molar-refractivity contribution in [3.63, 3.8) is 0 Å². The minimum Gasteiger partial charge on any atom is -0.389 e. The number of likely N-dealkylation sites (tertiary alicyclic amines) is 1. The lowest BCUT2D eigenvalue weighted by Crippen LogP contribution is -2.40. The van der Waals surface area contributed by atoms with Gasteiger partial charge in [0.1, 0.15) is 0 Å². The molecule has 0 amide bonds. The Morgan fingerprint density at radius 3 is 2.67 bits per heavy atom. The van der Waals surface area contributed by atoms with Crippen molar-refractivity contribution in [3.8, 4) is 0 Å². The first-order valence-corrected chi connectivity index (χ1v) is 9.43. The second-order valence-corrected chi connectivity index (χ2v) is 7.26. The zero-order valence-electron chi connectivity index (χ0n) is 14.6. The van der Waals surface area contributed by atoms with Gasteiger partial charge in [0, 0.05) is 13.2 Å². The summed E-state index contributed by atoms with van der Waals surface area (Å²) in [6, 6.07) is 10.8. The first-order chi connectivity index (χ1) is 11.8. The number of aliphatic hydroxyl groups is 1. The summed E-state index contributed by atoms with van der Waals surface area (Å²) in [5.41, 5.74) is 1.44. The highest BCUT2D eigenvalue weighted by atomic mass is 16.5. The van der Waals surface area contributed by atoms with Gasteiger partial charge in [0.05, 0.1) is 25.4 Å². The molecular weight excluding hydrogens is 302 g/mol. The summed E-state index contributed by atoms with van der Waals surface area (Å²) in [4.78, 5) is 2.38. The van der Waals surface area contributed by atoms with Gasteiger partial charge in [-0.25, -0.2) is 0 Å². The van der Waals surface area contributed by atoms with E-state index in [1.807, 2.05) is 0 Å². The highest BCUT2D eigenvalue weighted by Crippen LogP contribution is 2.21. The van der Waals surface area contributed by atoms with Crippen LogP contribution in [0.1, 0.15) is 31.2 Å². The maximum atomic E-state index is 10.2. The Hall–Kier alpha value is -0.940. The van der Waals surface area contributed by atoms with Gasteiger partial charge in [-0.05, 0) is 56.7 Å². The van der Waals surface area contributed by atoms with Crippen LogP contribution in [0.25, 0.3) is 0 Å². The zero-order chi connectivity index (χ0) is 16.6. The lowest BCUT2D eigenvalue weighted by atomic mass is 9.90. The fourth-order valence-corrected chi connectivity index (χ4v) is 3.78. The van der Waals surface area contributed by atoms with Crippen molar-refractivity contribution in [3.05, 3.63) is 35.9 Å². The van der Waals surface area contributed by atoms with E-state index in [0.29, 0.717) is 13.2 Å². The maximum Gasteiger partial charge on any atom is 0.0900 e.